The highest BCUT2D eigenvalue weighted by atomic mass is 16.7. The molecule has 1 spiro atoms. The van der Waals surface area contributed by atoms with Gasteiger partial charge in [-0.25, -0.2) is 4.68 Å². The van der Waals surface area contributed by atoms with Gasteiger partial charge in [-0.2, -0.15) is 5.10 Å². The Kier molecular flexibility index (Phi) is 4.97. The standard InChI is InChI=1S/C24H27N3O4/c1-29-20-8-6-19(7-9-20)27-21(17-2-4-18(25)5-3-17)16-22(26-27)23(28)10-12-24(13-11-23)30-14-15-31-24/h2-9,16,28H,10-15,25H2,1H3. The third kappa shape index (κ3) is 3.69. The van der Waals surface area contributed by atoms with Crippen molar-refractivity contribution in [2.24, 2.45) is 0 Å². The molecule has 1 saturated carbocycles. The van der Waals surface area contributed by atoms with Crippen LogP contribution in [0, 0.1) is 0 Å². The van der Waals surface area contributed by atoms with E-state index in [4.69, 9.17) is 25.0 Å². The molecule has 2 aromatic carbocycles. The summed E-state index contributed by atoms with van der Waals surface area (Å²) in [7, 11) is 1.64. The fraction of sp³-hybridized carbons (Fsp3) is 0.375. The SMILES string of the molecule is COc1ccc(-n2nc(C3(O)CCC4(CC3)OCCO4)cc2-c2ccc(N)cc2)cc1. The van der Waals surface area contributed by atoms with E-state index < -0.39 is 11.4 Å². The first-order chi connectivity index (χ1) is 15.0. The summed E-state index contributed by atoms with van der Waals surface area (Å²) in [5, 5.41) is 16.4. The quantitative estimate of drug-likeness (QED) is 0.625. The minimum absolute atomic E-state index is 0.536. The summed E-state index contributed by atoms with van der Waals surface area (Å²) in [6, 6.07) is 17.4. The van der Waals surface area contributed by atoms with Gasteiger partial charge in [-0.1, -0.05) is 12.1 Å². The minimum atomic E-state index is -1.03. The summed E-state index contributed by atoms with van der Waals surface area (Å²) in [5.74, 6) is 0.239. The van der Waals surface area contributed by atoms with Crippen molar-refractivity contribution in [1.29, 1.82) is 0 Å². The van der Waals surface area contributed by atoms with Crippen LogP contribution < -0.4 is 10.5 Å². The molecule has 2 fully saturated rings. The first-order valence-corrected chi connectivity index (χ1v) is 10.6. The molecule has 1 aliphatic heterocycles. The summed E-state index contributed by atoms with van der Waals surface area (Å²) >= 11 is 0. The molecule has 0 unspecified atom stereocenters. The van der Waals surface area contributed by atoms with Crippen molar-refractivity contribution in [2.45, 2.75) is 37.1 Å². The Morgan fingerprint density at radius 1 is 0.968 bits per heavy atom. The average Bonchev–Trinajstić information content (AvgIpc) is 3.45. The fourth-order valence-corrected chi connectivity index (χ4v) is 4.47. The van der Waals surface area contributed by atoms with Gasteiger partial charge in [0.1, 0.15) is 11.4 Å². The van der Waals surface area contributed by atoms with Gasteiger partial charge in [-0.3, -0.25) is 0 Å². The first-order valence-electron chi connectivity index (χ1n) is 10.6. The van der Waals surface area contributed by atoms with Crippen LogP contribution in [0.3, 0.4) is 0 Å². The van der Waals surface area contributed by atoms with Crippen molar-refractivity contribution in [3.05, 3.63) is 60.3 Å². The lowest BCUT2D eigenvalue weighted by molar-refractivity contribution is -0.204. The van der Waals surface area contributed by atoms with E-state index in [1.165, 1.54) is 0 Å². The molecule has 3 aromatic rings. The van der Waals surface area contributed by atoms with Crippen LogP contribution in [0.15, 0.2) is 54.6 Å². The molecule has 1 aliphatic carbocycles. The van der Waals surface area contributed by atoms with Crippen LogP contribution in [0.4, 0.5) is 5.69 Å². The van der Waals surface area contributed by atoms with E-state index >= 15 is 0 Å². The van der Waals surface area contributed by atoms with Gasteiger partial charge in [0.25, 0.3) is 0 Å². The number of aliphatic hydroxyl groups is 1. The number of hydrogen-bond acceptors (Lipinski definition) is 6. The maximum absolute atomic E-state index is 11.5. The van der Waals surface area contributed by atoms with Crippen LogP contribution in [0.5, 0.6) is 5.75 Å². The van der Waals surface area contributed by atoms with Crippen LogP contribution in [0.25, 0.3) is 16.9 Å². The van der Waals surface area contributed by atoms with E-state index in [0.29, 0.717) is 50.3 Å². The molecule has 7 heteroatoms. The van der Waals surface area contributed by atoms with Crippen molar-refractivity contribution >= 4 is 5.69 Å². The third-order valence-electron chi connectivity index (χ3n) is 6.36. The number of ether oxygens (including phenoxy) is 3. The van der Waals surface area contributed by atoms with E-state index in [0.717, 1.165) is 22.7 Å². The van der Waals surface area contributed by atoms with Gasteiger partial charge in [0.05, 0.1) is 37.4 Å². The number of hydrogen-bond donors (Lipinski definition) is 2. The molecule has 1 aromatic heterocycles. The molecule has 1 saturated heterocycles. The molecule has 0 amide bonds. The van der Waals surface area contributed by atoms with Gasteiger partial charge < -0.3 is 25.1 Å². The molecule has 3 N–H and O–H groups in total. The summed E-state index contributed by atoms with van der Waals surface area (Å²) in [6.07, 6.45) is 2.37. The molecule has 5 rings (SSSR count). The zero-order chi connectivity index (χ0) is 21.5. The Balaban J connectivity index is 1.53. The van der Waals surface area contributed by atoms with Gasteiger partial charge in [-0.15, -0.1) is 0 Å². The Morgan fingerprint density at radius 2 is 1.61 bits per heavy atom. The maximum Gasteiger partial charge on any atom is 0.168 e. The molecule has 162 valence electrons. The Hall–Kier alpha value is -2.87. The number of rotatable bonds is 4. The zero-order valence-electron chi connectivity index (χ0n) is 17.6. The van der Waals surface area contributed by atoms with Crippen LogP contribution in [0.2, 0.25) is 0 Å². The molecule has 2 aliphatic rings. The highest BCUT2D eigenvalue weighted by molar-refractivity contribution is 5.65. The number of nitrogens with zero attached hydrogens (tertiary/aromatic N) is 2. The zero-order valence-corrected chi connectivity index (χ0v) is 17.6. The van der Waals surface area contributed by atoms with E-state index in [-0.39, 0.29) is 0 Å². The second-order valence-electron chi connectivity index (χ2n) is 8.29. The molecule has 31 heavy (non-hydrogen) atoms. The Morgan fingerprint density at radius 3 is 2.23 bits per heavy atom. The maximum atomic E-state index is 11.5. The van der Waals surface area contributed by atoms with Crippen molar-refractivity contribution in [3.8, 4) is 22.7 Å². The second-order valence-corrected chi connectivity index (χ2v) is 8.29. The minimum Gasteiger partial charge on any atom is -0.497 e. The van der Waals surface area contributed by atoms with Gasteiger partial charge >= 0.3 is 0 Å². The number of nitrogen functional groups attached to an aromatic ring is 1. The number of aromatic nitrogens is 2. The molecular weight excluding hydrogens is 394 g/mol. The normalized spacial score (nSPS) is 19.5. The second kappa shape index (κ2) is 7.67. The summed E-state index contributed by atoms with van der Waals surface area (Å²) in [5.41, 5.74) is 8.97. The lowest BCUT2D eigenvalue weighted by Gasteiger charge is -2.39. The first kappa shape index (κ1) is 20.1. The topological polar surface area (TPSA) is 91.8 Å². The van der Waals surface area contributed by atoms with Crippen molar-refractivity contribution in [1.82, 2.24) is 9.78 Å². The van der Waals surface area contributed by atoms with Crippen LogP contribution in [-0.4, -0.2) is 41.0 Å². The van der Waals surface area contributed by atoms with Crippen LogP contribution in [-0.2, 0) is 15.1 Å². The van der Waals surface area contributed by atoms with E-state index in [9.17, 15) is 5.11 Å². The summed E-state index contributed by atoms with van der Waals surface area (Å²) < 4.78 is 18.8. The van der Waals surface area contributed by atoms with Gasteiger partial charge in [-0.05, 0) is 55.3 Å². The number of benzene rings is 2. The largest absolute Gasteiger partial charge is 0.497 e. The predicted molar refractivity (Wildman–Crippen MR) is 117 cm³/mol. The Labute approximate surface area is 181 Å². The molecule has 0 bridgehead atoms. The molecular formula is C24H27N3O4. The van der Waals surface area contributed by atoms with Crippen molar-refractivity contribution < 1.29 is 19.3 Å². The summed E-state index contributed by atoms with van der Waals surface area (Å²) in [4.78, 5) is 0. The van der Waals surface area contributed by atoms with Crippen molar-refractivity contribution in [3.63, 3.8) is 0 Å². The van der Waals surface area contributed by atoms with Crippen LogP contribution >= 0.6 is 0 Å². The number of anilines is 1. The molecule has 0 radical (unpaired) electrons. The van der Waals surface area contributed by atoms with Gasteiger partial charge in [0, 0.05) is 24.1 Å². The van der Waals surface area contributed by atoms with E-state index in [1.54, 1.807) is 7.11 Å². The lowest BCUT2D eigenvalue weighted by Crippen LogP contribution is -2.42. The molecule has 0 atom stereocenters. The Bertz CT molecular complexity index is 1040. The third-order valence-corrected chi connectivity index (χ3v) is 6.36. The smallest absolute Gasteiger partial charge is 0.168 e. The number of methoxy groups -OCH3 is 1. The highest BCUT2D eigenvalue weighted by Gasteiger charge is 2.47. The average molecular weight is 421 g/mol. The molecule has 2 heterocycles. The predicted octanol–water partition coefficient (Wildman–Crippen LogP) is 3.63. The fourth-order valence-electron chi connectivity index (χ4n) is 4.47. The molecule has 7 nitrogen and oxygen atoms in total. The lowest BCUT2D eigenvalue weighted by atomic mass is 9.79. The summed E-state index contributed by atoms with van der Waals surface area (Å²) in [6.45, 7) is 1.23. The van der Waals surface area contributed by atoms with Crippen LogP contribution in [0.1, 0.15) is 31.4 Å². The van der Waals surface area contributed by atoms with Gasteiger partial charge in [0.15, 0.2) is 5.79 Å². The highest BCUT2D eigenvalue weighted by Crippen LogP contribution is 2.45. The van der Waals surface area contributed by atoms with Gasteiger partial charge in [0.2, 0.25) is 0 Å². The van der Waals surface area contributed by atoms with E-state index in [2.05, 4.69) is 0 Å². The van der Waals surface area contributed by atoms with Crippen molar-refractivity contribution in [2.75, 3.05) is 26.1 Å². The number of nitrogens with two attached hydrogens (primary N) is 1. The monoisotopic (exact) mass is 421 g/mol. The van der Waals surface area contributed by atoms with E-state index in [1.807, 2.05) is 59.3 Å².